The first kappa shape index (κ1) is 15.2. The lowest BCUT2D eigenvalue weighted by molar-refractivity contribution is 0.181. The van der Waals surface area contributed by atoms with Crippen molar-refractivity contribution in [1.82, 2.24) is 4.98 Å². The molecule has 0 aliphatic carbocycles. The average Bonchev–Trinajstić information content (AvgIpc) is 2.89. The maximum Gasteiger partial charge on any atom is 0.0937 e. The number of aliphatic hydroxyl groups excluding tert-OH is 1. The standard InChI is InChI=1S/C17H23NOS/c1-5-12-6-7-13(18-11-12)10-14(19)15-8-9-16(20-15)17(2,3)4/h6-9,11,14,19H,5,10H2,1-4H3. The fourth-order valence-corrected chi connectivity index (χ4v) is 3.07. The van der Waals surface area contributed by atoms with Crippen molar-refractivity contribution >= 4 is 11.3 Å². The first-order valence-electron chi connectivity index (χ1n) is 7.12. The molecule has 0 fully saturated rings. The van der Waals surface area contributed by atoms with Gasteiger partial charge < -0.3 is 5.11 Å². The van der Waals surface area contributed by atoms with E-state index < -0.39 is 6.10 Å². The van der Waals surface area contributed by atoms with Crippen LogP contribution in [0.1, 0.15) is 54.8 Å². The summed E-state index contributed by atoms with van der Waals surface area (Å²) in [4.78, 5) is 6.75. The summed E-state index contributed by atoms with van der Waals surface area (Å²) in [6, 6.07) is 8.26. The zero-order valence-corrected chi connectivity index (χ0v) is 13.5. The van der Waals surface area contributed by atoms with Gasteiger partial charge in [0.05, 0.1) is 6.10 Å². The highest BCUT2D eigenvalue weighted by atomic mass is 32.1. The Hall–Kier alpha value is -1.19. The second-order valence-electron chi connectivity index (χ2n) is 6.18. The molecule has 2 rings (SSSR count). The van der Waals surface area contributed by atoms with Crippen molar-refractivity contribution in [1.29, 1.82) is 0 Å². The van der Waals surface area contributed by atoms with E-state index in [2.05, 4.69) is 44.8 Å². The van der Waals surface area contributed by atoms with Gasteiger partial charge in [0.15, 0.2) is 0 Å². The molecule has 1 atom stereocenters. The molecule has 108 valence electrons. The van der Waals surface area contributed by atoms with Crippen LogP contribution in [0, 0.1) is 0 Å². The fraction of sp³-hybridized carbons (Fsp3) is 0.471. The third-order valence-electron chi connectivity index (χ3n) is 3.39. The minimum Gasteiger partial charge on any atom is -0.387 e. The van der Waals surface area contributed by atoms with Gasteiger partial charge in [-0.05, 0) is 35.6 Å². The van der Waals surface area contributed by atoms with Gasteiger partial charge in [-0.25, -0.2) is 0 Å². The Labute approximate surface area is 125 Å². The van der Waals surface area contributed by atoms with Gasteiger partial charge in [-0.1, -0.05) is 33.8 Å². The van der Waals surface area contributed by atoms with Gasteiger partial charge >= 0.3 is 0 Å². The van der Waals surface area contributed by atoms with Crippen LogP contribution in [-0.2, 0) is 18.3 Å². The number of thiophene rings is 1. The van der Waals surface area contributed by atoms with Crippen LogP contribution in [0.4, 0.5) is 0 Å². The number of pyridine rings is 1. The predicted octanol–water partition coefficient (Wildman–Crippen LogP) is 4.28. The highest BCUT2D eigenvalue weighted by Gasteiger charge is 2.19. The molecule has 3 heteroatoms. The lowest BCUT2D eigenvalue weighted by atomic mass is 9.95. The van der Waals surface area contributed by atoms with Crippen molar-refractivity contribution in [2.45, 2.75) is 52.1 Å². The average molecular weight is 289 g/mol. The second-order valence-corrected chi connectivity index (χ2v) is 7.30. The van der Waals surface area contributed by atoms with Crippen LogP contribution in [-0.4, -0.2) is 10.1 Å². The smallest absolute Gasteiger partial charge is 0.0937 e. The molecule has 0 bridgehead atoms. The van der Waals surface area contributed by atoms with E-state index in [1.807, 2.05) is 18.3 Å². The number of aromatic nitrogens is 1. The second kappa shape index (κ2) is 6.06. The molecule has 2 aromatic rings. The molecule has 20 heavy (non-hydrogen) atoms. The van der Waals surface area contributed by atoms with E-state index in [4.69, 9.17) is 0 Å². The van der Waals surface area contributed by atoms with E-state index in [0.29, 0.717) is 6.42 Å². The molecule has 1 N–H and O–H groups in total. The summed E-state index contributed by atoms with van der Waals surface area (Å²) >= 11 is 1.70. The van der Waals surface area contributed by atoms with Crippen molar-refractivity contribution in [2.24, 2.45) is 0 Å². The number of rotatable bonds is 4. The van der Waals surface area contributed by atoms with Gasteiger partial charge in [-0.2, -0.15) is 0 Å². The van der Waals surface area contributed by atoms with Gasteiger partial charge in [0.2, 0.25) is 0 Å². The topological polar surface area (TPSA) is 33.1 Å². The summed E-state index contributed by atoms with van der Waals surface area (Å²) in [5.41, 5.74) is 2.32. The summed E-state index contributed by atoms with van der Waals surface area (Å²) in [7, 11) is 0. The summed E-state index contributed by atoms with van der Waals surface area (Å²) in [6.45, 7) is 8.70. The molecule has 0 spiro atoms. The molecule has 2 heterocycles. The first-order valence-corrected chi connectivity index (χ1v) is 7.94. The zero-order valence-electron chi connectivity index (χ0n) is 12.7. The Morgan fingerprint density at radius 1 is 1.20 bits per heavy atom. The van der Waals surface area contributed by atoms with Crippen molar-refractivity contribution in [3.05, 3.63) is 51.5 Å². The Kier molecular flexibility index (Phi) is 4.61. The maximum atomic E-state index is 10.3. The Morgan fingerprint density at radius 3 is 2.45 bits per heavy atom. The fourth-order valence-electron chi connectivity index (χ4n) is 2.02. The van der Waals surface area contributed by atoms with Crippen LogP contribution in [0.3, 0.4) is 0 Å². The Morgan fingerprint density at radius 2 is 1.95 bits per heavy atom. The molecule has 0 saturated heterocycles. The Balaban J connectivity index is 2.07. The first-order chi connectivity index (χ1) is 9.40. The van der Waals surface area contributed by atoms with Crippen LogP contribution in [0.25, 0.3) is 0 Å². The molecule has 0 saturated carbocycles. The number of hydrogen-bond donors (Lipinski definition) is 1. The molecular formula is C17H23NOS. The summed E-state index contributed by atoms with van der Waals surface area (Å²) in [5, 5.41) is 10.3. The molecular weight excluding hydrogens is 266 g/mol. The largest absolute Gasteiger partial charge is 0.387 e. The lowest BCUT2D eigenvalue weighted by Gasteiger charge is -2.15. The van der Waals surface area contributed by atoms with Gasteiger partial charge in [0.1, 0.15) is 0 Å². The van der Waals surface area contributed by atoms with Crippen molar-refractivity contribution in [3.8, 4) is 0 Å². The summed E-state index contributed by atoms with van der Waals surface area (Å²) < 4.78 is 0. The highest BCUT2D eigenvalue weighted by molar-refractivity contribution is 7.12. The van der Waals surface area contributed by atoms with E-state index in [9.17, 15) is 5.11 Å². The number of aryl methyl sites for hydroxylation is 1. The van der Waals surface area contributed by atoms with Crippen LogP contribution in [0.15, 0.2) is 30.5 Å². The summed E-state index contributed by atoms with van der Waals surface area (Å²) in [6.07, 6.45) is 3.01. The molecule has 0 aliphatic rings. The van der Waals surface area contributed by atoms with Gasteiger partial charge in [-0.3, -0.25) is 4.98 Å². The summed E-state index contributed by atoms with van der Waals surface area (Å²) in [5.74, 6) is 0. The molecule has 1 unspecified atom stereocenters. The predicted molar refractivity (Wildman–Crippen MR) is 85.3 cm³/mol. The number of hydrogen-bond acceptors (Lipinski definition) is 3. The molecule has 2 aromatic heterocycles. The van der Waals surface area contributed by atoms with Crippen LogP contribution in [0.5, 0.6) is 0 Å². The number of aliphatic hydroxyl groups is 1. The Bertz CT molecular complexity index is 551. The number of nitrogens with zero attached hydrogens (tertiary/aromatic N) is 1. The third kappa shape index (κ3) is 3.68. The molecule has 0 amide bonds. The minimum atomic E-state index is -0.462. The minimum absolute atomic E-state index is 0.143. The van der Waals surface area contributed by atoms with Crippen LogP contribution in [0.2, 0.25) is 0 Å². The van der Waals surface area contributed by atoms with E-state index >= 15 is 0 Å². The van der Waals surface area contributed by atoms with Crippen LogP contribution < -0.4 is 0 Å². The molecule has 0 radical (unpaired) electrons. The SMILES string of the molecule is CCc1ccc(CC(O)c2ccc(C(C)(C)C)s2)nc1. The van der Waals surface area contributed by atoms with Crippen molar-refractivity contribution in [2.75, 3.05) is 0 Å². The highest BCUT2D eigenvalue weighted by Crippen LogP contribution is 2.33. The molecule has 2 nitrogen and oxygen atoms in total. The zero-order chi connectivity index (χ0) is 14.8. The van der Waals surface area contributed by atoms with Crippen molar-refractivity contribution < 1.29 is 5.11 Å². The van der Waals surface area contributed by atoms with E-state index in [-0.39, 0.29) is 5.41 Å². The van der Waals surface area contributed by atoms with E-state index in [1.54, 1.807) is 11.3 Å². The van der Waals surface area contributed by atoms with Gasteiger partial charge in [-0.15, -0.1) is 11.3 Å². The van der Waals surface area contributed by atoms with Gasteiger partial charge in [0.25, 0.3) is 0 Å². The van der Waals surface area contributed by atoms with E-state index in [1.165, 1.54) is 10.4 Å². The molecule has 0 aliphatic heterocycles. The van der Waals surface area contributed by atoms with Crippen molar-refractivity contribution in [3.63, 3.8) is 0 Å². The quantitative estimate of drug-likeness (QED) is 0.911. The third-order valence-corrected chi connectivity index (χ3v) is 5.00. The lowest BCUT2D eigenvalue weighted by Crippen LogP contribution is -2.08. The normalized spacial score (nSPS) is 13.4. The van der Waals surface area contributed by atoms with Gasteiger partial charge in [0, 0.05) is 28.1 Å². The van der Waals surface area contributed by atoms with E-state index in [0.717, 1.165) is 17.0 Å². The monoisotopic (exact) mass is 289 g/mol. The maximum absolute atomic E-state index is 10.3. The van der Waals surface area contributed by atoms with Crippen LogP contribution >= 0.6 is 11.3 Å². The molecule has 0 aromatic carbocycles.